The van der Waals surface area contributed by atoms with Crippen LogP contribution in [0.4, 0.5) is 0 Å². The third-order valence-corrected chi connectivity index (χ3v) is 5.29. The maximum absolute atomic E-state index is 12.3. The molecule has 0 spiro atoms. The Morgan fingerprint density at radius 2 is 2.15 bits per heavy atom. The molecule has 2 aromatic heterocycles. The van der Waals surface area contributed by atoms with E-state index in [0.717, 1.165) is 5.56 Å². The van der Waals surface area contributed by atoms with Crippen LogP contribution >= 0.6 is 23.4 Å². The molecule has 27 heavy (non-hydrogen) atoms. The minimum Gasteiger partial charge on any atom is -0.467 e. The van der Waals surface area contributed by atoms with Gasteiger partial charge in [-0.15, -0.1) is 0 Å². The molecule has 0 aliphatic rings. The Labute approximate surface area is 165 Å². The van der Waals surface area contributed by atoms with Gasteiger partial charge in [0.05, 0.1) is 23.7 Å². The van der Waals surface area contributed by atoms with Gasteiger partial charge in [-0.1, -0.05) is 29.4 Å². The summed E-state index contributed by atoms with van der Waals surface area (Å²) in [4.78, 5) is 24.4. The first-order valence-corrected chi connectivity index (χ1v) is 9.53. The van der Waals surface area contributed by atoms with Crippen LogP contribution in [-0.2, 0) is 11.3 Å². The van der Waals surface area contributed by atoms with E-state index in [4.69, 9.17) is 16.0 Å². The fraction of sp³-hybridized carbons (Fsp3) is 0.211. The number of hydrogen-bond acceptors (Lipinski definition) is 5. The van der Waals surface area contributed by atoms with Crippen molar-refractivity contribution in [1.29, 1.82) is 0 Å². The number of carbonyl (C=O) groups excluding carboxylic acids is 1. The van der Waals surface area contributed by atoms with Crippen molar-refractivity contribution >= 4 is 29.3 Å². The molecule has 3 rings (SSSR count). The number of nitrogens with zero attached hydrogens (tertiary/aromatic N) is 2. The van der Waals surface area contributed by atoms with Crippen LogP contribution < -0.4 is 10.9 Å². The number of benzene rings is 1. The second kappa shape index (κ2) is 8.45. The quantitative estimate of drug-likeness (QED) is 0.636. The van der Waals surface area contributed by atoms with Crippen molar-refractivity contribution in [2.24, 2.45) is 0 Å². The molecule has 1 amide bonds. The SMILES string of the molecule is Cc1ccc(-n2nc(S[C@H](C)C(=O)NCc3ccco3)ccc2=O)cc1Cl. The standard InChI is InChI=1S/C19H18ClN3O3S/c1-12-5-6-14(10-16(12)20)23-18(24)8-7-17(22-23)27-13(2)19(25)21-11-15-4-3-9-26-15/h3-10,13H,11H2,1-2H3,(H,21,25)/t13-/m1/s1. The number of hydrogen-bond donors (Lipinski definition) is 1. The maximum atomic E-state index is 12.3. The molecule has 140 valence electrons. The zero-order chi connectivity index (χ0) is 19.4. The van der Waals surface area contributed by atoms with Crippen molar-refractivity contribution in [1.82, 2.24) is 15.1 Å². The van der Waals surface area contributed by atoms with Crippen LogP contribution in [0.1, 0.15) is 18.2 Å². The van der Waals surface area contributed by atoms with Gasteiger partial charge >= 0.3 is 0 Å². The minimum atomic E-state index is -0.389. The minimum absolute atomic E-state index is 0.144. The van der Waals surface area contributed by atoms with Gasteiger partial charge < -0.3 is 9.73 Å². The molecule has 1 aromatic carbocycles. The Balaban J connectivity index is 1.72. The molecule has 0 aliphatic carbocycles. The van der Waals surface area contributed by atoms with E-state index in [-0.39, 0.29) is 16.7 Å². The first-order chi connectivity index (χ1) is 12.9. The van der Waals surface area contributed by atoms with Crippen LogP contribution in [0.3, 0.4) is 0 Å². The zero-order valence-corrected chi connectivity index (χ0v) is 16.4. The molecule has 0 radical (unpaired) electrons. The van der Waals surface area contributed by atoms with Gasteiger partial charge in [0.2, 0.25) is 5.91 Å². The van der Waals surface area contributed by atoms with Crippen LogP contribution in [-0.4, -0.2) is 20.9 Å². The lowest BCUT2D eigenvalue weighted by Gasteiger charge is -2.12. The number of furan rings is 1. The highest BCUT2D eigenvalue weighted by molar-refractivity contribution is 8.00. The number of carbonyl (C=O) groups is 1. The summed E-state index contributed by atoms with van der Waals surface area (Å²) in [6.07, 6.45) is 1.56. The molecule has 1 N–H and O–H groups in total. The van der Waals surface area contributed by atoms with Crippen LogP contribution in [0, 0.1) is 6.92 Å². The van der Waals surface area contributed by atoms with Crippen LogP contribution in [0.25, 0.3) is 5.69 Å². The third-order valence-electron chi connectivity index (χ3n) is 3.86. The highest BCUT2D eigenvalue weighted by Crippen LogP contribution is 2.22. The number of rotatable bonds is 6. The first kappa shape index (κ1) is 19.3. The molecule has 0 saturated carbocycles. The molecule has 0 saturated heterocycles. The summed E-state index contributed by atoms with van der Waals surface area (Å²) in [5, 5.41) is 7.90. The van der Waals surface area contributed by atoms with Gasteiger partial charge in [-0.3, -0.25) is 9.59 Å². The lowest BCUT2D eigenvalue weighted by atomic mass is 10.2. The summed E-state index contributed by atoms with van der Waals surface area (Å²) in [6.45, 7) is 3.99. The van der Waals surface area contributed by atoms with E-state index in [1.165, 1.54) is 22.5 Å². The summed E-state index contributed by atoms with van der Waals surface area (Å²) in [5.74, 6) is 0.540. The van der Waals surface area contributed by atoms with E-state index in [0.29, 0.717) is 28.0 Å². The van der Waals surface area contributed by atoms with Crippen LogP contribution in [0.5, 0.6) is 0 Å². The Bertz CT molecular complexity index is 1000. The smallest absolute Gasteiger partial charge is 0.271 e. The normalized spacial score (nSPS) is 12.0. The molecule has 0 aliphatic heterocycles. The third kappa shape index (κ3) is 4.81. The highest BCUT2D eigenvalue weighted by atomic mass is 35.5. The van der Waals surface area contributed by atoms with Gasteiger partial charge in [0.1, 0.15) is 10.8 Å². The van der Waals surface area contributed by atoms with E-state index in [9.17, 15) is 9.59 Å². The first-order valence-electron chi connectivity index (χ1n) is 8.27. The van der Waals surface area contributed by atoms with Crippen molar-refractivity contribution < 1.29 is 9.21 Å². The van der Waals surface area contributed by atoms with Gasteiger partial charge in [0.25, 0.3) is 5.56 Å². The van der Waals surface area contributed by atoms with E-state index in [2.05, 4.69) is 10.4 Å². The summed E-state index contributed by atoms with van der Waals surface area (Å²) in [7, 11) is 0. The largest absolute Gasteiger partial charge is 0.467 e. The molecule has 3 aromatic rings. The van der Waals surface area contributed by atoms with E-state index in [1.807, 2.05) is 13.0 Å². The summed E-state index contributed by atoms with van der Waals surface area (Å²) in [5.41, 5.74) is 1.23. The van der Waals surface area contributed by atoms with E-state index >= 15 is 0 Å². The topological polar surface area (TPSA) is 77.1 Å². The van der Waals surface area contributed by atoms with Gasteiger partial charge in [0.15, 0.2) is 0 Å². The number of aromatic nitrogens is 2. The predicted octanol–water partition coefficient (Wildman–Crippen LogP) is 3.58. The Morgan fingerprint density at radius 3 is 2.85 bits per heavy atom. The fourth-order valence-corrected chi connectivity index (χ4v) is 3.32. The van der Waals surface area contributed by atoms with Crippen LogP contribution in [0.15, 0.2) is 63.0 Å². The Morgan fingerprint density at radius 1 is 1.33 bits per heavy atom. The molecule has 8 heteroatoms. The molecule has 6 nitrogen and oxygen atoms in total. The van der Waals surface area contributed by atoms with E-state index in [1.54, 1.807) is 43.5 Å². The van der Waals surface area contributed by atoms with Gasteiger partial charge in [-0.2, -0.15) is 9.78 Å². The molecule has 2 heterocycles. The van der Waals surface area contributed by atoms with Crippen molar-refractivity contribution in [3.05, 3.63) is 75.4 Å². The van der Waals surface area contributed by atoms with Crippen molar-refractivity contribution in [2.45, 2.75) is 30.7 Å². The highest BCUT2D eigenvalue weighted by Gasteiger charge is 2.16. The second-order valence-electron chi connectivity index (χ2n) is 5.91. The van der Waals surface area contributed by atoms with Crippen molar-refractivity contribution in [2.75, 3.05) is 0 Å². The molecule has 0 unspecified atom stereocenters. The Kier molecular flexibility index (Phi) is 6.03. The van der Waals surface area contributed by atoms with E-state index < -0.39 is 0 Å². The summed E-state index contributed by atoms with van der Waals surface area (Å²) >= 11 is 7.42. The molecule has 0 bridgehead atoms. The van der Waals surface area contributed by atoms with Gasteiger partial charge in [-0.05, 0) is 49.7 Å². The summed E-state index contributed by atoms with van der Waals surface area (Å²) in [6, 6.07) is 11.9. The monoisotopic (exact) mass is 403 g/mol. The number of aryl methyl sites for hydroxylation is 1. The molecule has 0 fully saturated rings. The second-order valence-corrected chi connectivity index (χ2v) is 7.68. The Hall–Kier alpha value is -2.51. The number of thioether (sulfide) groups is 1. The zero-order valence-electron chi connectivity index (χ0n) is 14.8. The number of halogens is 1. The number of amides is 1. The molecule has 1 atom stereocenters. The predicted molar refractivity (Wildman–Crippen MR) is 105 cm³/mol. The summed E-state index contributed by atoms with van der Waals surface area (Å²) < 4.78 is 6.47. The average molecular weight is 404 g/mol. The van der Waals surface area contributed by atoms with Gasteiger partial charge in [-0.25, -0.2) is 0 Å². The fourth-order valence-electron chi connectivity index (χ4n) is 2.32. The maximum Gasteiger partial charge on any atom is 0.271 e. The average Bonchev–Trinajstić information content (AvgIpc) is 3.17. The number of nitrogens with one attached hydrogen (secondary N) is 1. The lowest BCUT2D eigenvalue weighted by Crippen LogP contribution is -2.30. The molecular formula is C19H18ClN3O3S. The van der Waals surface area contributed by atoms with Crippen molar-refractivity contribution in [3.63, 3.8) is 0 Å². The molecular weight excluding hydrogens is 386 g/mol. The van der Waals surface area contributed by atoms with Crippen molar-refractivity contribution in [3.8, 4) is 5.69 Å². The van der Waals surface area contributed by atoms with Crippen LogP contribution in [0.2, 0.25) is 5.02 Å². The van der Waals surface area contributed by atoms with Gasteiger partial charge in [0, 0.05) is 11.1 Å². The lowest BCUT2D eigenvalue weighted by molar-refractivity contribution is -0.120.